The standard InChI is InChI=1S/C12H23NO3/c1-9(11(14)16-12(2,3)4)13-10-5-7-15-8-6-10/h9-10,13H,5-8H2,1-4H3. The van der Waals surface area contributed by atoms with E-state index in [1.54, 1.807) is 0 Å². The lowest BCUT2D eigenvalue weighted by molar-refractivity contribution is -0.157. The number of carbonyl (C=O) groups excluding carboxylic acids is 1. The largest absolute Gasteiger partial charge is 0.459 e. The molecule has 4 nitrogen and oxygen atoms in total. The predicted octanol–water partition coefficient (Wildman–Crippen LogP) is 1.49. The van der Waals surface area contributed by atoms with Crippen molar-refractivity contribution in [3.05, 3.63) is 0 Å². The highest BCUT2D eigenvalue weighted by molar-refractivity contribution is 5.75. The normalized spacial score (nSPS) is 20.5. The summed E-state index contributed by atoms with van der Waals surface area (Å²) in [6, 6.07) is 0.124. The average molecular weight is 229 g/mol. The maximum atomic E-state index is 11.7. The van der Waals surface area contributed by atoms with Crippen molar-refractivity contribution in [3.63, 3.8) is 0 Å². The zero-order valence-corrected chi connectivity index (χ0v) is 10.7. The Balaban J connectivity index is 2.33. The molecular weight excluding hydrogens is 206 g/mol. The second-order valence-corrected chi connectivity index (χ2v) is 5.31. The van der Waals surface area contributed by atoms with Gasteiger partial charge in [0.25, 0.3) is 0 Å². The molecule has 0 saturated carbocycles. The average Bonchev–Trinajstić information content (AvgIpc) is 2.16. The third-order valence-corrected chi connectivity index (χ3v) is 2.47. The van der Waals surface area contributed by atoms with Crippen molar-refractivity contribution in [2.24, 2.45) is 0 Å². The molecule has 4 heteroatoms. The number of ether oxygens (including phenoxy) is 2. The molecule has 94 valence electrons. The number of nitrogens with one attached hydrogen (secondary N) is 1. The Bertz CT molecular complexity index is 229. The maximum absolute atomic E-state index is 11.7. The van der Waals surface area contributed by atoms with Gasteiger partial charge in [-0.1, -0.05) is 0 Å². The van der Waals surface area contributed by atoms with Gasteiger partial charge < -0.3 is 14.8 Å². The summed E-state index contributed by atoms with van der Waals surface area (Å²) in [5.41, 5.74) is -0.414. The second kappa shape index (κ2) is 5.64. The van der Waals surface area contributed by atoms with Crippen LogP contribution < -0.4 is 5.32 Å². The predicted molar refractivity (Wildman–Crippen MR) is 62.3 cm³/mol. The van der Waals surface area contributed by atoms with Crippen LogP contribution in [0.2, 0.25) is 0 Å². The highest BCUT2D eigenvalue weighted by Crippen LogP contribution is 2.11. The third kappa shape index (κ3) is 4.94. The van der Waals surface area contributed by atoms with Crippen LogP contribution in [0.1, 0.15) is 40.5 Å². The van der Waals surface area contributed by atoms with E-state index in [1.165, 1.54) is 0 Å². The van der Waals surface area contributed by atoms with E-state index in [-0.39, 0.29) is 12.0 Å². The fourth-order valence-corrected chi connectivity index (χ4v) is 1.68. The number of hydrogen-bond acceptors (Lipinski definition) is 4. The minimum Gasteiger partial charge on any atom is -0.459 e. The molecule has 1 aliphatic heterocycles. The van der Waals surface area contributed by atoms with Gasteiger partial charge in [0.05, 0.1) is 0 Å². The fourth-order valence-electron chi connectivity index (χ4n) is 1.68. The second-order valence-electron chi connectivity index (χ2n) is 5.31. The van der Waals surface area contributed by atoms with Crippen molar-refractivity contribution in [3.8, 4) is 0 Å². The fraction of sp³-hybridized carbons (Fsp3) is 0.917. The highest BCUT2D eigenvalue weighted by atomic mass is 16.6. The van der Waals surface area contributed by atoms with Gasteiger partial charge in [-0.25, -0.2) is 0 Å². The van der Waals surface area contributed by atoms with Gasteiger partial charge in [-0.15, -0.1) is 0 Å². The van der Waals surface area contributed by atoms with Gasteiger partial charge in [-0.3, -0.25) is 4.79 Å². The van der Waals surface area contributed by atoms with Gasteiger partial charge in [-0.05, 0) is 40.5 Å². The molecule has 0 aromatic heterocycles. The Labute approximate surface area is 97.7 Å². The van der Waals surface area contributed by atoms with Crippen LogP contribution in [0.25, 0.3) is 0 Å². The van der Waals surface area contributed by atoms with Crippen molar-refractivity contribution in [1.82, 2.24) is 5.32 Å². The van der Waals surface area contributed by atoms with Crippen molar-refractivity contribution in [2.75, 3.05) is 13.2 Å². The first-order valence-electron chi connectivity index (χ1n) is 5.95. The van der Waals surface area contributed by atoms with E-state index >= 15 is 0 Å². The summed E-state index contributed by atoms with van der Waals surface area (Å²) < 4.78 is 10.6. The summed E-state index contributed by atoms with van der Waals surface area (Å²) in [4.78, 5) is 11.7. The van der Waals surface area contributed by atoms with Gasteiger partial charge >= 0.3 is 5.97 Å². The van der Waals surface area contributed by atoms with E-state index in [4.69, 9.17) is 9.47 Å². The summed E-state index contributed by atoms with van der Waals surface area (Å²) >= 11 is 0. The van der Waals surface area contributed by atoms with Crippen LogP contribution in [0.5, 0.6) is 0 Å². The first-order chi connectivity index (χ1) is 7.38. The van der Waals surface area contributed by atoms with Crippen molar-refractivity contribution < 1.29 is 14.3 Å². The molecule has 0 aliphatic carbocycles. The SMILES string of the molecule is CC(NC1CCOCC1)C(=O)OC(C)(C)C. The molecule has 1 fully saturated rings. The molecule has 1 rings (SSSR count). The Hall–Kier alpha value is -0.610. The van der Waals surface area contributed by atoms with Crippen LogP contribution in [0.4, 0.5) is 0 Å². The van der Waals surface area contributed by atoms with Crippen molar-refractivity contribution >= 4 is 5.97 Å². The van der Waals surface area contributed by atoms with Crippen LogP contribution in [-0.4, -0.2) is 36.9 Å². The number of hydrogen-bond donors (Lipinski definition) is 1. The molecule has 0 bridgehead atoms. The monoisotopic (exact) mass is 229 g/mol. The Morgan fingerprint density at radius 2 is 1.94 bits per heavy atom. The number of rotatable bonds is 3. The van der Waals surface area contributed by atoms with E-state index in [1.807, 2.05) is 27.7 Å². The van der Waals surface area contributed by atoms with Crippen LogP contribution >= 0.6 is 0 Å². The lowest BCUT2D eigenvalue weighted by Gasteiger charge is -2.28. The summed E-state index contributed by atoms with van der Waals surface area (Å²) in [6.45, 7) is 9.05. The summed E-state index contributed by atoms with van der Waals surface area (Å²) in [5, 5.41) is 3.29. The first-order valence-corrected chi connectivity index (χ1v) is 5.95. The van der Waals surface area contributed by atoms with Crippen LogP contribution in [0.15, 0.2) is 0 Å². The molecule has 0 radical (unpaired) electrons. The quantitative estimate of drug-likeness (QED) is 0.745. The molecule has 1 aliphatic rings. The van der Waals surface area contributed by atoms with Gasteiger partial charge in [0.1, 0.15) is 11.6 Å². The van der Waals surface area contributed by atoms with Crippen LogP contribution in [-0.2, 0) is 14.3 Å². The minimum atomic E-state index is -0.414. The lowest BCUT2D eigenvalue weighted by atomic mass is 10.1. The molecule has 1 heterocycles. The molecule has 1 unspecified atom stereocenters. The van der Waals surface area contributed by atoms with E-state index in [0.717, 1.165) is 26.1 Å². The van der Waals surface area contributed by atoms with Crippen LogP contribution in [0.3, 0.4) is 0 Å². The summed E-state index contributed by atoms with van der Waals surface area (Å²) in [6.07, 6.45) is 1.93. The van der Waals surface area contributed by atoms with E-state index in [2.05, 4.69) is 5.32 Å². The molecule has 0 spiro atoms. The zero-order valence-electron chi connectivity index (χ0n) is 10.7. The molecule has 1 N–H and O–H groups in total. The Morgan fingerprint density at radius 1 is 1.38 bits per heavy atom. The van der Waals surface area contributed by atoms with Gasteiger partial charge in [0, 0.05) is 19.3 Å². The number of carbonyl (C=O) groups is 1. The lowest BCUT2D eigenvalue weighted by Crippen LogP contribution is -2.46. The summed E-state index contributed by atoms with van der Waals surface area (Å²) in [5.74, 6) is -0.181. The van der Waals surface area contributed by atoms with E-state index < -0.39 is 5.60 Å². The first kappa shape index (κ1) is 13.5. The van der Waals surface area contributed by atoms with Gasteiger partial charge in [0.2, 0.25) is 0 Å². The van der Waals surface area contributed by atoms with Crippen LogP contribution in [0, 0.1) is 0 Å². The van der Waals surface area contributed by atoms with Crippen molar-refractivity contribution in [2.45, 2.75) is 58.2 Å². The summed E-state index contributed by atoms with van der Waals surface area (Å²) in [7, 11) is 0. The Morgan fingerprint density at radius 3 is 2.44 bits per heavy atom. The number of esters is 1. The molecule has 0 amide bonds. The van der Waals surface area contributed by atoms with E-state index in [0.29, 0.717) is 6.04 Å². The van der Waals surface area contributed by atoms with Crippen molar-refractivity contribution in [1.29, 1.82) is 0 Å². The Kier molecular flexibility index (Phi) is 4.74. The van der Waals surface area contributed by atoms with Gasteiger partial charge in [-0.2, -0.15) is 0 Å². The molecule has 1 saturated heterocycles. The zero-order chi connectivity index (χ0) is 12.2. The van der Waals surface area contributed by atoms with E-state index in [9.17, 15) is 4.79 Å². The molecule has 16 heavy (non-hydrogen) atoms. The van der Waals surface area contributed by atoms with Gasteiger partial charge in [0.15, 0.2) is 0 Å². The molecule has 0 aromatic carbocycles. The third-order valence-electron chi connectivity index (χ3n) is 2.47. The smallest absolute Gasteiger partial charge is 0.323 e. The topological polar surface area (TPSA) is 47.6 Å². The molecular formula is C12H23NO3. The highest BCUT2D eigenvalue weighted by Gasteiger charge is 2.24. The molecule has 1 atom stereocenters. The molecule has 0 aromatic rings. The minimum absolute atomic E-state index is 0.181. The maximum Gasteiger partial charge on any atom is 0.323 e.